The third-order valence-electron chi connectivity index (χ3n) is 2.62. The molecule has 2 nitrogen and oxygen atoms in total. The van der Waals surface area contributed by atoms with Gasteiger partial charge in [0.15, 0.2) is 11.6 Å². The van der Waals surface area contributed by atoms with Crippen LogP contribution in [0.1, 0.15) is 33.1 Å². The number of benzene rings is 1. The Bertz CT molecular complexity index is 358. The summed E-state index contributed by atoms with van der Waals surface area (Å²) in [4.78, 5) is 0. The average molecular weight is 257 g/mol. The lowest BCUT2D eigenvalue weighted by Gasteiger charge is -2.14. The van der Waals surface area contributed by atoms with Gasteiger partial charge in [0.1, 0.15) is 5.75 Å². The van der Waals surface area contributed by atoms with Gasteiger partial charge >= 0.3 is 0 Å². The van der Waals surface area contributed by atoms with Gasteiger partial charge in [0.25, 0.3) is 0 Å². The molecule has 1 aromatic rings. The van der Waals surface area contributed by atoms with E-state index >= 15 is 0 Å². The Morgan fingerprint density at radius 3 is 2.67 bits per heavy atom. The Hall–Kier alpha value is -1.16. The van der Waals surface area contributed by atoms with E-state index < -0.39 is 11.6 Å². The molecule has 1 rings (SSSR count). The fourth-order valence-electron chi connectivity index (χ4n) is 1.66. The molecule has 0 spiro atoms. The van der Waals surface area contributed by atoms with E-state index in [0.717, 1.165) is 44.5 Å². The summed E-state index contributed by atoms with van der Waals surface area (Å²) in [6.45, 7) is 6.04. The predicted octanol–water partition coefficient (Wildman–Crippen LogP) is 3.51. The normalized spacial score (nSPS) is 12.4. The van der Waals surface area contributed by atoms with Crippen LogP contribution in [0.25, 0.3) is 0 Å². The van der Waals surface area contributed by atoms with Gasteiger partial charge in [-0.2, -0.15) is 0 Å². The largest absolute Gasteiger partial charge is 0.491 e. The monoisotopic (exact) mass is 257 g/mol. The van der Waals surface area contributed by atoms with Gasteiger partial charge in [0.2, 0.25) is 0 Å². The molecule has 1 N–H and O–H groups in total. The molecule has 1 unspecified atom stereocenters. The summed E-state index contributed by atoms with van der Waals surface area (Å²) in [6.07, 6.45) is 3.01. The molecule has 0 aliphatic rings. The maximum absolute atomic E-state index is 13.0. The van der Waals surface area contributed by atoms with Gasteiger partial charge in [0.05, 0.1) is 6.10 Å². The van der Waals surface area contributed by atoms with Crippen LogP contribution in [0.2, 0.25) is 0 Å². The second kappa shape index (κ2) is 8.03. The summed E-state index contributed by atoms with van der Waals surface area (Å²) in [5, 5.41) is 3.31. The number of rotatable bonds is 8. The standard InChI is InChI=1S/C14H21F2NO/c1-3-8-17-9-4-5-11(2)18-12-6-7-13(15)14(16)10-12/h6-7,10-11,17H,3-5,8-9H2,1-2H3. The molecule has 0 amide bonds. The first-order valence-electron chi connectivity index (χ1n) is 6.46. The SMILES string of the molecule is CCCNCCCC(C)Oc1ccc(F)c(F)c1. The van der Waals surface area contributed by atoms with Gasteiger partial charge in [-0.1, -0.05) is 6.92 Å². The van der Waals surface area contributed by atoms with E-state index in [-0.39, 0.29) is 6.10 Å². The van der Waals surface area contributed by atoms with Crippen molar-refractivity contribution in [1.29, 1.82) is 0 Å². The fraction of sp³-hybridized carbons (Fsp3) is 0.571. The van der Waals surface area contributed by atoms with Crippen LogP contribution in [0.3, 0.4) is 0 Å². The molecule has 0 aromatic heterocycles. The summed E-state index contributed by atoms with van der Waals surface area (Å²) in [6, 6.07) is 3.62. The first-order chi connectivity index (χ1) is 8.63. The number of ether oxygens (including phenoxy) is 1. The van der Waals surface area contributed by atoms with E-state index in [1.165, 1.54) is 6.07 Å². The molecule has 0 fully saturated rings. The molecule has 0 bridgehead atoms. The van der Waals surface area contributed by atoms with Crippen LogP contribution in [0, 0.1) is 11.6 Å². The van der Waals surface area contributed by atoms with Crippen molar-refractivity contribution in [2.24, 2.45) is 0 Å². The number of nitrogens with one attached hydrogen (secondary N) is 1. The zero-order valence-electron chi connectivity index (χ0n) is 11.0. The summed E-state index contributed by atoms with van der Waals surface area (Å²) < 4.78 is 31.2. The summed E-state index contributed by atoms with van der Waals surface area (Å²) in [5.41, 5.74) is 0. The van der Waals surface area contributed by atoms with E-state index in [1.54, 1.807) is 0 Å². The third kappa shape index (κ3) is 5.45. The average Bonchev–Trinajstić information content (AvgIpc) is 2.34. The lowest BCUT2D eigenvalue weighted by Crippen LogP contribution is -2.19. The predicted molar refractivity (Wildman–Crippen MR) is 68.8 cm³/mol. The Kier molecular flexibility index (Phi) is 6.65. The van der Waals surface area contributed by atoms with E-state index in [1.807, 2.05) is 6.92 Å². The molecule has 0 saturated heterocycles. The Balaban J connectivity index is 2.26. The first kappa shape index (κ1) is 14.9. The first-order valence-corrected chi connectivity index (χ1v) is 6.46. The zero-order chi connectivity index (χ0) is 13.4. The van der Waals surface area contributed by atoms with E-state index in [0.29, 0.717) is 5.75 Å². The highest BCUT2D eigenvalue weighted by atomic mass is 19.2. The van der Waals surface area contributed by atoms with Crippen molar-refractivity contribution in [3.05, 3.63) is 29.8 Å². The van der Waals surface area contributed by atoms with Gasteiger partial charge in [-0.25, -0.2) is 8.78 Å². The van der Waals surface area contributed by atoms with Crippen molar-refractivity contribution in [1.82, 2.24) is 5.32 Å². The molecule has 1 aromatic carbocycles. The van der Waals surface area contributed by atoms with Gasteiger partial charge in [-0.3, -0.25) is 0 Å². The molecule has 1 atom stereocenters. The number of hydrogen-bond donors (Lipinski definition) is 1. The second-order valence-electron chi connectivity index (χ2n) is 4.40. The van der Waals surface area contributed by atoms with E-state index in [2.05, 4.69) is 12.2 Å². The van der Waals surface area contributed by atoms with Crippen molar-refractivity contribution >= 4 is 0 Å². The molecule has 0 saturated carbocycles. The quantitative estimate of drug-likeness (QED) is 0.719. The molecule has 0 radical (unpaired) electrons. The van der Waals surface area contributed by atoms with Gasteiger partial charge in [-0.05, 0) is 51.4 Å². The second-order valence-corrected chi connectivity index (χ2v) is 4.40. The number of hydrogen-bond acceptors (Lipinski definition) is 2. The van der Waals surface area contributed by atoms with Crippen LogP contribution < -0.4 is 10.1 Å². The Morgan fingerprint density at radius 2 is 2.00 bits per heavy atom. The molecule has 0 heterocycles. The van der Waals surface area contributed by atoms with Crippen molar-refractivity contribution < 1.29 is 13.5 Å². The van der Waals surface area contributed by atoms with Gasteiger partial charge < -0.3 is 10.1 Å². The summed E-state index contributed by atoms with van der Waals surface area (Å²) >= 11 is 0. The van der Waals surface area contributed by atoms with Crippen LogP contribution in [0.15, 0.2) is 18.2 Å². The zero-order valence-corrected chi connectivity index (χ0v) is 11.0. The Morgan fingerprint density at radius 1 is 1.22 bits per heavy atom. The van der Waals surface area contributed by atoms with Crippen molar-refractivity contribution in [3.63, 3.8) is 0 Å². The van der Waals surface area contributed by atoms with Crippen LogP contribution in [-0.4, -0.2) is 19.2 Å². The summed E-state index contributed by atoms with van der Waals surface area (Å²) in [5.74, 6) is -1.34. The fourth-order valence-corrected chi connectivity index (χ4v) is 1.66. The highest BCUT2D eigenvalue weighted by Crippen LogP contribution is 2.17. The van der Waals surface area contributed by atoms with E-state index in [9.17, 15) is 8.78 Å². The molecule has 0 aliphatic carbocycles. The smallest absolute Gasteiger partial charge is 0.162 e. The topological polar surface area (TPSA) is 21.3 Å². The lowest BCUT2D eigenvalue weighted by molar-refractivity contribution is 0.206. The van der Waals surface area contributed by atoms with Gasteiger partial charge in [0, 0.05) is 6.07 Å². The van der Waals surface area contributed by atoms with Crippen molar-refractivity contribution in [3.8, 4) is 5.75 Å². The minimum Gasteiger partial charge on any atom is -0.491 e. The highest BCUT2D eigenvalue weighted by Gasteiger charge is 2.07. The van der Waals surface area contributed by atoms with Crippen LogP contribution >= 0.6 is 0 Å². The minimum atomic E-state index is -0.871. The maximum Gasteiger partial charge on any atom is 0.162 e. The lowest BCUT2D eigenvalue weighted by atomic mass is 10.2. The highest BCUT2D eigenvalue weighted by molar-refractivity contribution is 5.23. The molecule has 18 heavy (non-hydrogen) atoms. The molecule has 102 valence electrons. The van der Waals surface area contributed by atoms with E-state index in [4.69, 9.17) is 4.74 Å². The van der Waals surface area contributed by atoms with Crippen LogP contribution in [0.4, 0.5) is 8.78 Å². The Labute approximate surface area is 107 Å². The van der Waals surface area contributed by atoms with Crippen molar-refractivity contribution in [2.75, 3.05) is 13.1 Å². The van der Waals surface area contributed by atoms with Crippen LogP contribution in [0.5, 0.6) is 5.75 Å². The minimum absolute atomic E-state index is 0.00159. The molecular weight excluding hydrogens is 236 g/mol. The van der Waals surface area contributed by atoms with Gasteiger partial charge in [-0.15, -0.1) is 0 Å². The molecule has 0 aliphatic heterocycles. The molecule has 4 heteroatoms. The van der Waals surface area contributed by atoms with Crippen molar-refractivity contribution in [2.45, 2.75) is 39.2 Å². The third-order valence-corrected chi connectivity index (χ3v) is 2.62. The molecular formula is C14H21F2NO. The number of halogens is 2. The van der Waals surface area contributed by atoms with Crippen LogP contribution in [-0.2, 0) is 0 Å². The summed E-state index contributed by atoms with van der Waals surface area (Å²) in [7, 11) is 0. The maximum atomic E-state index is 13.0.